The molecule has 9 heteroatoms. The molecule has 0 amide bonds. The number of hydrogen-bond acceptors (Lipinski definition) is 7. The van der Waals surface area contributed by atoms with E-state index in [0.29, 0.717) is 21.4 Å². The van der Waals surface area contributed by atoms with Gasteiger partial charge in [0, 0.05) is 23.0 Å². The van der Waals surface area contributed by atoms with Crippen LogP contribution in [-0.2, 0) is 11.3 Å². The van der Waals surface area contributed by atoms with Gasteiger partial charge in [-0.1, -0.05) is 18.2 Å². The first-order chi connectivity index (χ1) is 12.1. The molecule has 0 fully saturated rings. The number of benzene rings is 1. The van der Waals surface area contributed by atoms with Crippen LogP contribution in [0.4, 0.5) is 0 Å². The van der Waals surface area contributed by atoms with Gasteiger partial charge in [-0.3, -0.25) is 14.0 Å². The number of fused-ring (bicyclic) bond motifs is 2. The zero-order chi connectivity index (χ0) is 17.4. The van der Waals surface area contributed by atoms with Gasteiger partial charge in [-0.2, -0.15) is 5.10 Å². The zero-order valence-corrected chi connectivity index (χ0v) is 13.4. The predicted molar refractivity (Wildman–Crippen MR) is 90.8 cm³/mol. The number of rotatable bonds is 3. The third-order valence-corrected chi connectivity index (χ3v) is 4.35. The molecule has 1 aromatic carbocycles. The summed E-state index contributed by atoms with van der Waals surface area (Å²) in [6, 6.07) is 7.93. The largest absolute Gasteiger partial charge is 0.454 e. The summed E-state index contributed by atoms with van der Waals surface area (Å²) in [7, 11) is 0. The van der Waals surface area contributed by atoms with Crippen molar-refractivity contribution in [2.24, 2.45) is 0 Å². The van der Waals surface area contributed by atoms with Crippen LogP contribution < -0.4 is 11.1 Å². The van der Waals surface area contributed by atoms with Crippen LogP contribution in [0.2, 0.25) is 0 Å². The Bertz CT molecular complexity index is 1220. The number of carbonyl (C=O) groups is 1. The van der Waals surface area contributed by atoms with E-state index in [1.54, 1.807) is 35.8 Å². The first kappa shape index (κ1) is 15.2. The van der Waals surface area contributed by atoms with Gasteiger partial charge >= 0.3 is 5.97 Å². The molecule has 0 saturated carbocycles. The minimum absolute atomic E-state index is 0.00382. The van der Waals surface area contributed by atoms with Crippen LogP contribution in [0.5, 0.6) is 0 Å². The summed E-state index contributed by atoms with van der Waals surface area (Å²) in [5.41, 5.74) is -0.284. The van der Waals surface area contributed by atoms with Gasteiger partial charge in [0.15, 0.2) is 10.7 Å². The lowest BCUT2D eigenvalue weighted by Gasteiger charge is -2.06. The molecule has 3 aromatic heterocycles. The summed E-state index contributed by atoms with van der Waals surface area (Å²) < 4.78 is 6.62. The normalized spacial score (nSPS) is 11.0. The van der Waals surface area contributed by atoms with Crippen molar-refractivity contribution < 1.29 is 9.53 Å². The summed E-state index contributed by atoms with van der Waals surface area (Å²) in [5.74, 6) is -0.708. The molecule has 0 aliphatic heterocycles. The molecule has 1 N–H and O–H groups in total. The number of ether oxygens (including phenoxy) is 1. The third kappa shape index (κ3) is 2.70. The third-order valence-electron chi connectivity index (χ3n) is 3.60. The fourth-order valence-electron chi connectivity index (χ4n) is 2.44. The summed E-state index contributed by atoms with van der Waals surface area (Å²) in [5, 5.41) is 8.55. The fourth-order valence-corrected chi connectivity index (χ4v) is 3.18. The van der Waals surface area contributed by atoms with Gasteiger partial charge < -0.3 is 4.74 Å². The van der Waals surface area contributed by atoms with Gasteiger partial charge in [0.25, 0.3) is 11.1 Å². The molecule has 8 nitrogen and oxygen atoms in total. The van der Waals surface area contributed by atoms with Crippen molar-refractivity contribution >= 4 is 33.0 Å². The number of thiazole rings is 1. The first-order valence-electron chi connectivity index (χ1n) is 7.24. The first-order valence-corrected chi connectivity index (χ1v) is 8.12. The van der Waals surface area contributed by atoms with Gasteiger partial charge in [0.2, 0.25) is 0 Å². The van der Waals surface area contributed by atoms with Gasteiger partial charge in [0.05, 0.1) is 11.1 Å². The van der Waals surface area contributed by atoms with E-state index in [4.69, 9.17) is 4.74 Å². The topological polar surface area (TPSA) is 106 Å². The highest BCUT2D eigenvalue weighted by Gasteiger charge is 2.16. The summed E-state index contributed by atoms with van der Waals surface area (Å²) in [6.07, 6.45) is 1.63. The summed E-state index contributed by atoms with van der Waals surface area (Å²) in [6.45, 7) is -0.169. The average molecular weight is 354 g/mol. The van der Waals surface area contributed by atoms with Crippen LogP contribution in [0.3, 0.4) is 0 Å². The number of nitrogens with one attached hydrogen (secondary N) is 1. The van der Waals surface area contributed by atoms with Crippen LogP contribution in [0.15, 0.2) is 51.5 Å². The van der Waals surface area contributed by atoms with Crippen molar-refractivity contribution in [3.63, 3.8) is 0 Å². The smallest absolute Gasteiger partial charge is 0.359 e. The number of carbonyl (C=O) groups excluding carboxylic acids is 1. The second-order valence-electron chi connectivity index (χ2n) is 5.16. The average Bonchev–Trinajstić information content (AvgIpc) is 3.09. The summed E-state index contributed by atoms with van der Waals surface area (Å²) >= 11 is 1.31. The Labute approximate surface area is 143 Å². The van der Waals surface area contributed by atoms with Gasteiger partial charge in [0.1, 0.15) is 6.61 Å². The Kier molecular flexibility index (Phi) is 3.62. The lowest BCUT2D eigenvalue weighted by molar-refractivity contribution is 0.0462. The number of esters is 1. The zero-order valence-electron chi connectivity index (χ0n) is 12.6. The van der Waals surface area contributed by atoms with Crippen molar-refractivity contribution in [2.75, 3.05) is 0 Å². The molecule has 0 saturated heterocycles. The molecular weight excluding hydrogens is 344 g/mol. The van der Waals surface area contributed by atoms with Gasteiger partial charge in [-0.25, -0.2) is 14.9 Å². The lowest BCUT2D eigenvalue weighted by Crippen LogP contribution is -2.17. The highest BCUT2D eigenvalue weighted by molar-refractivity contribution is 7.15. The minimum Gasteiger partial charge on any atom is -0.454 e. The Morgan fingerprint density at radius 3 is 2.88 bits per heavy atom. The van der Waals surface area contributed by atoms with Crippen molar-refractivity contribution in [3.8, 4) is 0 Å². The quantitative estimate of drug-likeness (QED) is 0.557. The van der Waals surface area contributed by atoms with Crippen molar-refractivity contribution in [2.45, 2.75) is 6.61 Å². The van der Waals surface area contributed by atoms with E-state index >= 15 is 0 Å². The molecule has 0 unspecified atom stereocenters. The standard InChI is InChI=1S/C16H10N4O4S/c21-12-7-9(17-16-20(12)5-6-25-16)8-24-15(23)13-10-3-1-2-4-11(10)14(22)19-18-13/h1-7H,8H2,(H,19,22). The van der Waals surface area contributed by atoms with Crippen LogP contribution in [0.25, 0.3) is 15.7 Å². The van der Waals surface area contributed by atoms with Crippen molar-refractivity contribution in [3.05, 3.63) is 74.0 Å². The van der Waals surface area contributed by atoms with Gasteiger partial charge in [-0.05, 0) is 6.07 Å². The lowest BCUT2D eigenvalue weighted by atomic mass is 10.1. The number of aromatic amines is 1. The maximum absolute atomic E-state index is 12.3. The van der Waals surface area contributed by atoms with Crippen molar-refractivity contribution in [1.82, 2.24) is 19.6 Å². The number of hydrogen-bond donors (Lipinski definition) is 1. The van der Waals surface area contributed by atoms with E-state index < -0.39 is 5.97 Å². The molecule has 0 atom stereocenters. The van der Waals surface area contributed by atoms with E-state index in [0.717, 1.165) is 0 Å². The Balaban J connectivity index is 1.63. The SMILES string of the molecule is O=C(OCc1cc(=O)n2ccsc2n1)c1n[nH]c(=O)c2ccccc12. The second-order valence-corrected chi connectivity index (χ2v) is 6.04. The molecule has 25 heavy (non-hydrogen) atoms. The number of aromatic nitrogens is 4. The minimum atomic E-state index is -0.708. The maximum atomic E-state index is 12.3. The van der Waals surface area contributed by atoms with Crippen LogP contribution >= 0.6 is 11.3 Å². The highest BCUT2D eigenvalue weighted by atomic mass is 32.1. The second kappa shape index (κ2) is 5.95. The molecular formula is C16H10N4O4S. The number of H-pyrrole nitrogens is 1. The number of nitrogens with zero attached hydrogens (tertiary/aromatic N) is 3. The Hall–Kier alpha value is -3.33. The molecule has 4 aromatic rings. The van der Waals surface area contributed by atoms with E-state index in [-0.39, 0.29) is 23.4 Å². The van der Waals surface area contributed by atoms with E-state index in [9.17, 15) is 14.4 Å². The van der Waals surface area contributed by atoms with E-state index in [2.05, 4.69) is 15.2 Å². The van der Waals surface area contributed by atoms with Crippen LogP contribution in [0, 0.1) is 0 Å². The van der Waals surface area contributed by atoms with Crippen LogP contribution in [0.1, 0.15) is 16.2 Å². The molecule has 0 aliphatic rings. The monoisotopic (exact) mass is 354 g/mol. The highest BCUT2D eigenvalue weighted by Crippen LogP contribution is 2.14. The van der Waals surface area contributed by atoms with E-state index in [1.807, 2.05) is 0 Å². The molecule has 3 heterocycles. The summed E-state index contributed by atoms with van der Waals surface area (Å²) in [4.78, 5) is 40.8. The molecule has 0 radical (unpaired) electrons. The van der Waals surface area contributed by atoms with Crippen LogP contribution in [-0.4, -0.2) is 25.6 Å². The molecule has 4 rings (SSSR count). The van der Waals surface area contributed by atoms with Crippen molar-refractivity contribution in [1.29, 1.82) is 0 Å². The Morgan fingerprint density at radius 2 is 2.04 bits per heavy atom. The van der Waals surface area contributed by atoms with E-state index in [1.165, 1.54) is 21.8 Å². The Morgan fingerprint density at radius 1 is 1.24 bits per heavy atom. The molecule has 0 aliphatic carbocycles. The molecule has 0 spiro atoms. The van der Waals surface area contributed by atoms with Gasteiger partial charge in [-0.15, -0.1) is 11.3 Å². The maximum Gasteiger partial charge on any atom is 0.359 e. The fraction of sp³-hybridized carbons (Fsp3) is 0.0625. The molecule has 0 bridgehead atoms. The predicted octanol–water partition coefficient (Wildman–Crippen LogP) is 1.35. The molecule has 124 valence electrons.